The third-order valence-electron chi connectivity index (χ3n) is 5.21. The lowest BCUT2D eigenvalue weighted by Crippen LogP contribution is -2.15. The summed E-state index contributed by atoms with van der Waals surface area (Å²) in [7, 11) is 0. The summed E-state index contributed by atoms with van der Waals surface area (Å²) in [5, 5.41) is 11.6. The first-order chi connectivity index (χ1) is 15.2. The number of anilines is 1. The zero-order chi connectivity index (χ0) is 22.9. The SMILES string of the molecule is O=C(O)Cc1ccc(Oc2ccc(CC3C(=O)Nc4ccccc43)cc2C(F)(F)F)cc1. The van der Waals surface area contributed by atoms with Crippen LogP contribution < -0.4 is 10.1 Å². The molecule has 0 aromatic heterocycles. The highest BCUT2D eigenvalue weighted by molar-refractivity contribution is 6.03. The van der Waals surface area contributed by atoms with Gasteiger partial charge in [0.1, 0.15) is 11.5 Å². The van der Waals surface area contributed by atoms with Crippen molar-refractivity contribution < 1.29 is 32.6 Å². The smallest absolute Gasteiger partial charge is 0.419 e. The zero-order valence-electron chi connectivity index (χ0n) is 16.6. The fourth-order valence-corrected chi connectivity index (χ4v) is 3.71. The van der Waals surface area contributed by atoms with Crippen molar-refractivity contribution in [1.29, 1.82) is 0 Å². The van der Waals surface area contributed by atoms with Gasteiger partial charge in [0, 0.05) is 5.69 Å². The number of hydrogen-bond acceptors (Lipinski definition) is 3. The van der Waals surface area contributed by atoms with E-state index in [1.165, 1.54) is 36.4 Å². The van der Waals surface area contributed by atoms with Crippen LogP contribution in [0.1, 0.15) is 28.2 Å². The Balaban J connectivity index is 1.59. The number of carboxylic acid groups (broad SMARTS) is 1. The number of nitrogens with one attached hydrogen (secondary N) is 1. The Labute approximate surface area is 181 Å². The second-order valence-electron chi connectivity index (χ2n) is 7.48. The van der Waals surface area contributed by atoms with Gasteiger partial charge in [-0.2, -0.15) is 13.2 Å². The Bertz CT molecular complexity index is 1170. The van der Waals surface area contributed by atoms with Crippen molar-refractivity contribution in [3.8, 4) is 11.5 Å². The predicted octanol–water partition coefficient (Wildman–Crippen LogP) is 5.40. The van der Waals surface area contributed by atoms with Gasteiger partial charge in [-0.25, -0.2) is 0 Å². The molecule has 164 valence electrons. The molecule has 1 aliphatic rings. The zero-order valence-corrected chi connectivity index (χ0v) is 16.6. The maximum absolute atomic E-state index is 13.7. The van der Waals surface area contributed by atoms with Crippen molar-refractivity contribution in [3.05, 3.63) is 89.0 Å². The molecule has 1 atom stereocenters. The van der Waals surface area contributed by atoms with E-state index in [1.807, 2.05) is 0 Å². The summed E-state index contributed by atoms with van der Waals surface area (Å²) >= 11 is 0. The molecule has 5 nitrogen and oxygen atoms in total. The molecule has 0 spiro atoms. The lowest BCUT2D eigenvalue weighted by molar-refractivity contribution is -0.139. The summed E-state index contributed by atoms with van der Waals surface area (Å²) in [6.07, 6.45) is -4.73. The monoisotopic (exact) mass is 441 g/mol. The summed E-state index contributed by atoms with van der Waals surface area (Å²) in [6, 6.07) is 16.7. The first-order valence-corrected chi connectivity index (χ1v) is 9.79. The van der Waals surface area contributed by atoms with Gasteiger partial charge < -0.3 is 15.2 Å². The van der Waals surface area contributed by atoms with Crippen molar-refractivity contribution >= 4 is 17.6 Å². The van der Waals surface area contributed by atoms with Crippen LogP contribution in [0.5, 0.6) is 11.5 Å². The van der Waals surface area contributed by atoms with Gasteiger partial charge in [0.2, 0.25) is 5.91 Å². The summed E-state index contributed by atoms with van der Waals surface area (Å²) in [5.74, 6) is -2.04. The van der Waals surface area contributed by atoms with Crippen LogP contribution in [0.4, 0.5) is 18.9 Å². The highest BCUT2D eigenvalue weighted by Gasteiger charge is 2.36. The van der Waals surface area contributed by atoms with Gasteiger partial charge in [-0.05, 0) is 53.4 Å². The fourth-order valence-electron chi connectivity index (χ4n) is 3.71. The average Bonchev–Trinajstić information content (AvgIpc) is 3.04. The first-order valence-electron chi connectivity index (χ1n) is 9.79. The maximum Gasteiger partial charge on any atom is 0.419 e. The lowest BCUT2D eigenvalue weighted by atomic mass is 9.92. The Morgan fingerprint density at radius 1 is 1.00 bits per heavy atom. The summed E-state index contributed by atoms with van der Waals surface area (Å²) < 4.78 is 46.7. The molecular formula is C24H18F3NO4. The molecule has 1 unspecified atom stereocenters. The number of para-hydroxylation sites is 1. The minimum absolute atomic E-state index is 0.121. The minimum Gasteiger partial charge on any atom is -0.481 e. The second kappa shape index (κ2) is 8.37. The number of ether oxygens (including phenoxy) is 1. The van der Waals surface area contributed by atoms with Gasteiger partial charge in [-0.3, -0.25) is 9.59 Å². The normalized spacial score (nSPS) is 15.2. The van der Waals surface area contributed by atoms with Crippen molar-refractivity contribution in [2.45, 2.75) is 24.9 Å². The van der Waals surface area contributed by atoms with Gasteiger partial charge in [-0.1, -0.05) is 36.4 Å². The molecule has 1 aliphatic heterocycles. The van der Waals surface area contributed by atoms with Crippen molar-refractivity contribution in [2.75, 3.05) is 5.32 Å². The highest BCUT2D eigenvalue weighted by Crippen LogP contribution is 2.40. The van der Waals surface area contributed by atoms with E-state index in [0.717, 1.165) is 11.6 Å². The Morgan fingerprint density at radius 3 is 2.38 bits per heavy atom. The van der Waals surface area contributed by atoms with E-state index in [4.69, 9.17) is 9.84 Å². The largest absolute Gasteiger partial charge is 0.481 e. The standard InChI is InChI=1S/C24H18F3NO4/c25-24(26,27)19-12-15(11-18-17-3-1-2-4-20(17)28-23(18)31)7-10-21(19)32-16-8-5-14(6-9-16)13-22(29)30/h1-10,12,18H,11,13H2,(H,28,31)(H,29,30). The topological polar surface area (TPSA) is 75.6 Å². The molecule has 0 fully saturated rings. The van der Waals surface area contributed by atoms with E-state index < -0.39 is 23.6 Å². The third kappa shape index (κ3) is 4.59. The van der Waals surface area contributed by atoms with E-state index >= 15 is 0 Å². The number of carbonyl (C=O) groups is 2. The number of rotatable bonds is 6. The Hall–Kier alpha value is -3.81. The fraction of sp³-hybridized carbons (Fsp3) is 0.167. The van der Waals surface area contributed by atoms with E-state index in [1.54, 1.807) is 24.3 Å². The van der Waals surface area contributed by atoms with Crippen LogP contribution in [0.25, 0.3) is 0 Å². The Kier molecular flexibility index (Phi) is 5.61. The van der Waals surface area contributed by atoms with Crippen molar-refractivity contribution in [3.63, 3.8) is 0 Å². The van der Waals surface area contributed by atoms with E-state index in [-0.39, 0.29) is 30.2 Å². The van der Waals surface area contributed by atoms with E-state index in [9.17, 15) is 22.8 Å². The molecule has 0 bridgehead atoms. The molecule has 0 saturated carbocycles. The molecule has 0 radical (unpaired) electrons. The maximum atomic E-state index is 13.7. The quantitative estimate of drug-likeness (QED) is 0.537. The second-order valence-corrected chi connectivity index (χ2v) is 7.48. The van der Waals surface area contributed by atoms with Crippen LogP contribution in [0.2, 0.25) is 0 Å². The van der Waals surface area contributed by atoms with Gasteiger partial charge in [0.15, 0.2) is 0 Å². The molecule has 2 N–H and O–H groups in total. The summed E-state index contributed by atoms with van der Waals surface area (Å²) in [6.45, 7) is 0. The molecule has 3 aromatic carbocycles. The molecule has 4 rings (SSSR count). The molecule has 8 heteroatoms. The van der Waals surface area contributed by atoms with Gasteiger partial charge >= 0.3 is 12.1 Å². The Morgan fingerprint density at radius 2 is 1.69 bits per heavy atom. The van der Waals surface area contributed by atoms with Gasteiger partial charge in [0.05, 0.1) is 17.9 Å². The number of amides is 1. The van der Waals surface area contributed by atoms with E-state index in [2.05, 4.69) is 5.32 Å². The van der Waals surface area contributed by atoms with Crippen LogP contribution in [0.3, 0.4) is 0 Å². The number of carbonyl (C=O) groups excluding carboxylic acids is 1. The first kappa shape index (κ1) is 21.4. The van der Waals surface area contributed by atoms with Crippen molar-refractivity contribution in [2.24, 2.45) is 0 Å². The number of alkyl halides is 3. The predicted molar refractivity (Wildman–Crippen MR) is 111 cm³/mol. The minimum atomic E-state index is -4.66. The number of halogens is 3. The van der Waals surface area contributed by atoms with E-state index in [0.29, 0.717) is 16.8 Å². The van der Waals surface area contributed by atoms with Crippen LogP contribution in [0.15, 0.2) is 66.7 Å². The molecule has 0 aliphatic carbocycles. The van der Waals surface area contributed by atoms with Gasteiger partial charge in [0.25, 0.3) is 0 Å². The van der Waals surface area contributed by atoms with Crippen molar-refractivity contribution in [1.82, 2.24) is 0 Å². The van der Waals surface area contributed by atoms with Crippen LogP contribution in [-0.2, 0) is 28.6 Å². The third-order valence-corrected chi connectivity index (χ3v) is 5.21. The van der Waals surface area contributed by atoms with Crippen LogP contribution in [-0.4, -0.2) is 17.0 Å². The summed E-state index contributed by atoms with van der Waals surface area (Å²) in [5.41, 5.74) is 1.35. The number of benzene rings is 3. The van der Waals surface area contributed by atoms with Crippen LogP contribution >= 0.6 is 0 Å². The molecule has 0 saturated heterocycles. The highest BCUT2D eigenvalue weighted by atomic mass is 19.4. The summed E-state index contributed by atoms with van der Waals surface area (Å²) in [4.78, 5) is 23.1. The molecule has 1 heterocycles. The number of fused-ring (bicyclic) bond motifs is 1. The molecule has 32 heavy (non-hydrogen) atoms. The van der Waals surface area contributed by atoms with Crippen LogP contribution in [0, 0.1) is 0 Å². The molecular weight excluding hydrogens is 423 g/mol. The number of hydrogen-bond donors (Lipinski definition) is 2. The molecule has 3 aromatic rings. The lowest BCUT2D eigenvalue weighted by Gasteiger charge is -2.16. The number of carboxylic acids is 1. The van der Waals surface area contributed by atoms with Gasteiger partial charge in [-0.15, -0.1) is 0 Å². The number of aliphatic carboxylic acids is 1. The average molecular weight is 441 g/mol. The molecule has 1 amide bonds.